The van der Waals surface area contributed by atoms with Crippen molar-refractivity contribution in [2.75, 3.05) is 23.3 Å². The summed E-state index contributed by atoms with van der Waals surface area (Å²) in [6.45, 7) is 1.37. The highest BCUT2D eigenvalue weighted by Crippen LogP contribution is 2.23. The minimum absolute atomic E-state index is 0.0353. The minimum atomic E-state index is -1.03. The number of rotatable bonds is 4. The summed E-state index contributed by atoms with van der Waals surface area (Å²) in [5, 5.41) is 12.0. The lowest BCUT2D eigenvalue weighted by Gasteiger charge is -2.32. The number of nitrogens with one attached hydrogen (secondary N) is 1. The third-order valence-corrected chi connectivity index (χ3v) is 4.18. The Kier molecular flexibility index (Phi) is 4.74. The van der Waals surface area contributed by atoms with E-state index in [1.165, 1.54) is 6.07 Å². The van der Waals surface area contributed by atoms with Crippen LogP contribution in [0.3, 0.4) is 0 Å². The van der Waals surface area contributed by atoms with Gasteiger partial charge in [0.05, 0.1) is 0 Å². The van der Waals surface area contributed by atoms with E-state index in [-0.39, 0.29) is 17.5 Å². The molecule has 2 heterocycles. The highest BCUT2D eigenvalue weighted by molar-refractivity contribution is 5.92. The first kappa shape index (κ1) is 16.0. The summed E-state index contributed by atoms with van der Waals surface area (Å²) in [5.74, 6) is -0.386. The van der Waals surface area contributed by atoms with Gasteiger partial charge >= 0.3 is 5.97 Å². The standard InChI is InChI=1S/C18H19N3O3/c22-17(19-14-5-2-1-3-6-14)13-9-11-21(12-10-13)16-8-4-7-15(20-16)18(23)24/h1-8,13H,9-12H2,(H,19,22)(H,23,24). The number of aromatic carboxylic acids is 1. The number of pyridine rings is 1. The number of aromatic nitrogens is 1. The summed E-state index contributed by atoms with van der Waals surface area (Å²) >= 11 is 0. The zero-order valence-electron chi connectivity index (χ0n) is 13.2. The van der Waals surface area contributed by atoms with Crippen molar-refractivity contribution in [3.63, 3.8) is 0 Å². The van der Waals surface area contributed by atoms with E-state index in [9.17, 15) is 9.59 Å². The van der Waals surface area contributed by atoms with Gasteiger partial charge < -0.3 is 15.3 Å². The van der Waals surface area contributed by atoms with Crippen molar-refractivity contribution >= 4 is 23.4 Å². The quantitative estimate of drug-likeness (QED) is 0.903. The molecule has 1 aromatic carbocycles. The van der Waals surface area contributed by atoms with Gasteiger partial charge in [0.25, 0.3) is 0 Å². The maximum Gasteiger partial charge on any atom is 0.354 e. The molecule has 0 unspecified atom stereocenters. The van der Waals surface area contributed by atoms with Crippen LogP contribution in [0.15, 0.2) is 48.5 Å². The molecular weight excluding hydrogens is 306 g/mol. The van der Waals surface area contributed by atoms with Crippen molar-refractivity contribution in [2.45, 2.75) is 12.8 Å². The first-order valence-corrected chi connectivity index (χ1v) is 7.95. The Balaban J connectivity index is 1.58. The second kappa shape index (κ2) is 7.12. The monoisotopic (exact) mass is 325 g/mol. The van der Waals surface area contributed by atoms with Crippen molar-refractivity contribution in [1.29, 1.82) is 0 Å². The van der Waals surface area contributed by atoms with Gasteiger partial charge in [-0.3, -0.25) is 4.79 Å². The average Bonchev–Trinajstić information content (AvgIpc) is 2.63. The van der Waals surface area contributed by atoms with E-state index in [1.54, 1.807) is 12.1 Å². The minimum Gasteiger partial charge on any atom is -0.477 e. The topological polar surface area (TPSA) is 82.5 Å². The maximum absolute atomic E-state index is 12.3. The van der Waals surface area contributed by atoms with Crippen LogP contribution in [0.5, 0.6) is 0 Å². The number of carboxylic acids is 1. The number of carbonyl (C=O) groups is 2. The van der Waals surface area contributed by atoms with E-state index in [1.807, 2.05) is 35.2 Å². The smallest absolute Gasteiger partial charge is 0.354 e. The van der Waals surface area contributed by atoms with E-state index < -0.39 is 5.97 Å². The third kappa shape index (κ3) is 3.71. The average molecular weight is 325 g/mol. The number of nitrogens with zero attached hydrogens (tertiary/aromatic N) is 2. The first-order chi connectivity index (χ1) is 11.6. The lowest BCUT2D eigenvalue weighted by atomic mass is 9.95. The van der Waals surface area contributed by atoms with Gasteiger partial charge in [-0.15, -0.1) is 0 Å². The van der Waals surface area contributed by atoms with Gasteiger partial charge in [0.15, 0.2) is 5.69 Å². The molecule has 0 radical (unpaired) electrons. The number of hydrogen-bond donors (Lipinski definition) is 2. The number of hydrogen-bond acceptors (Lipinski definition) is 4. The lowest BCUT2D eigenvalue weighted by Crippen LogP contribution is -2.38. The Morgan fingerprint density at radius 2 is 1.75 bits per heavy atom. The highest BCUT2D eigenvalue weighted by atomic mass is 16.4. The molecule has 6 nitrogen and oxygen atoms in total. The molecule has 0 spiro atoms. The molecule has 0 bridgehead atoms. The lowest BCUT2D eigenvalue weighted by molar-refractivity contribution is -0.120. The molecule has 1 aromatic heterocycles. The molecule has 1 saturated heterocycles. The van der Waals surface area contributed by atoms with Crippen molar-refractivity contribution in [3.8, 4) is 0 Å². The van der Waals surface area contributed by atoms with Gasteiger partial charge in [-0.25, -0.2) is 9.78 Å². The summed E-state index contributed by atoms with van der Waals surface area (Å²) in [6.07, 6.45) is 1.44. The van der Waals surface area contributed by atoms with Crippen molar-refractivity contribution < 1.29 is 14.7 Å². The van der Waals surface area contributed by atoms with E-state index in [4.69, 9.17) is 5.11 Å². The van der Waals surface area contributed by atoms with Gasteiger partial charge in [-0.05, 0) is 37.1 Å². The number of piperidine rings is 1. The highest BCUT2D eigenvalue weighted by Gasteiger charge is 2.26. The first-order valence-electron chi connectivity index (χ1n) is 7.95. The zero-order chi connectivity index (χ0) is 16.9. The van der Waals surface area contributed by atoms with Crippen molar-refractivity contribution in [3.05, 3.63) is 54.2 Å². The van der Waals surface area contributed by atoms with Crippen LogP contribution in [0.1, 0.15) is 23.3 Å². The summed E-state index contributed by atoms with van der Waals surface area (Å²) in [4.78, 5) is 29.5. The summed E-state index contributed by atoms with van der Waals surface area (Å²) < 4.78 is 0. The fraction of sp³-hybridized carbons (Fsp3) is 0.278. The molecule has 0 saturated carbocycles. The van der Waals surface area contributed by atoms with Gasteiger partial charge in [0.2, 0.25) is 5.91 Å². The van der Waals surface area contributed by atoms with Crippen LogP contribution >= 0.6 is 0 Å². The molecule has 2 aromatic rings. The van der Waals surface area contributed by atoms with Crippen molar-refractivity contribution in [2.24, 2.45) is 5.92 Å². The number of amides is 1. The summed E-state index contributed by atoms with van der Waals surface area (Å²) in [6, 6.07) is 14.4. The van der Waals surface area contributed by atoms with Gasteiger partial charge in [-0.2, -0.15) is 0 Å². The van der Waals surface area contributed by atoms with Crippen LogP contribution in [0, 0.1) is 5.92 Å². The normalized spacial score (nSPS) is 15.1. The van der Waals surface area contributed by atoms with Crippen LogP contribution in [-0.4, -0.2) is 35.1 Å². The predicted molar refractivity (Wildman–Crippen MR) is 91.2 cm³/mol. The van der Waals surface area contributed by atoms with E-state index >= 15 is 0 Å². The molecule has 0 atom stereocenters. The van der Waals surface area contributed by atoms with Crippen LogP contribution in [0.4, 0.5) is 11.5 Å². The van der Waals surface area contributed by atoms with Crippen molar-refractivity contribution in [1.82, 2.24) is 4.98 Å². The van der Waals surface area contributed by atoms with Crippen LogP contribution < -0.4 is 10.2 Å². The number of carboxylic acid groups (broad SMARTS) is 1. The maximum atomic E-state index is 12.3. The number of para-hydroxylation sites is 1. The molecule has 6 heteroatoms. The second-order valence-electron chi connectivity index (χ2n) is 5.80. The molecule has 124 valence electrons. The largest absolute Gasteiger partial charge is 0.477 e. The SMILES string of the molecule is O=C(O)c1cccc(N2CCC(C(=O)Nc3ccccc3)CC2)n1. The molecule has 1 amide bonds. The molecule has 1 aliphatic heterocycles. The second-order valence-corrected chi connectivity index (χ2v) is 5.80. The number of carbonyl (C=O) groups excluding carboxylic acids is 1. The number of anilines is 2. The van der Waals surface area contributed by atoms with Crippen LogP contribution in [-0.2, 0) is 4.79 Å². The molecule has 2 N–H and O–H groups in total. The van der Waals surface area contributed by atoms with Crippen LogP contribution in [0.25, 0.3) is 0 Å². The Hall–Kier alpha value is -2.89. The van der Waals surface area contributed by atoms with Gasteiger partial charge in [0.1, 0.15) is 5.82 Å². The van der Waals surface area contributed by atoms with Gasteiger partial charge in [-0.1, -0.05) is 24.3 Å². The molecule has 3 rings (SSSR count). The Bertz CT molecular complexity index is 725. The fourth-order valence-corrected chi connectivity index (χ4v) is 2.86. The Labute approximate surface area is 140 Å². The Morgan fingerprint density at radius 1 is 1.04 bits per heavy atom. The van der Waals surface area contributed by atoms with Crippen LogP contribution in [0.2, 0.25) is 0 Å². The molecule has 1 fully saturated rings. The molecular formula is C18H19N3O3. The van der Waals surface area contributed by atoms with E-state index in [0.29, 0.717) is 18.9 Å². The van der Waals surface area contributed by atoms with E-state index in [0.717, 1.165) is 18.5 Å². The summed E-state index contributed by atoms with van der Waals surface area (Å²) in [5.41, 5.74) is 0.845. The van der Waals surface area contributed by atoms with Gasteiger partial charge in [0, 0.05) is 24.7 Å². The van der Waals surface area contributed by atoms with E-state index in [2.05, 4.69) is 10.3 Å². The molecule has 0 aliphatic carbocycles. The predicted octanol–water partition coefficient (Wildman–Crippen LogP) is 2.63. The Morgan fingerprint density at radius 3 is 2.42 bits per heavy atom. The molecule has 1 aliphatic rings. The molecule has 24 heavy (non-hydrogen) atoms. The third-order valence-electron chi connectivity index (χ3n) is 4.18. The number of benzene rings is 1. The summed E-state index contributed by atoms with van der Waals surface area (Å²) in [7, 11) is 0. The fourth-order valence-electron chi connectivity index (χ4n) is 2.86. The zero-order valence-corrected chi connectivity index (χ0v) is 13.2.